The van der Waals surface area contributed by atoms with E-state index in [-0.39, 0.29) is 6.07 Å². The molecule has 106 valence electrons. The predicted octanol–water partition coefficient (Wildman–Crippen LogP) is 3.52. The molecule has 0 radical (unpaired) electrons. The molecule has 0 spiro atoms. The number of hydrogen-bond donors (Lipinski definition) is 0. The number of carbonyl (C=O) groups excluding carboxylic acids is 1. The molecule has 1 heterocycles. The second-order valence-corrected chi connectivity index (χ2v) is 4.20. The number of nitrogens with zero attached hydrogens (tertiary/aromatic N) is 1. The van der Waals surface area contributed by atoms with Crippen LogP contribution >= 0.6 is 15.9 Å². The summed E-state index contributed by atoms with van der Waals surface area (Å²) in [5.41, 5.74) is -2.80. The predicted molar refractivity (Wildman–Crippen MR) is 57.6 cm³/mol. The number of halogens is 6. The van der Waals surface area contributed by atoms with E-state index in [2.05, 4.69) is 25.7 Å². The number of hydrogen-bond acceptors (Lipinski definition) is 3. The van der Waals surface area contributed by atoms with Crippen molar-refractivity contribution in [3.05, 3.63) is 27.5 Å². The molecule has 0 saturated carbocycles. The molecule has 0 unspecified atom stereocenters. The van der Waals surface area contributed by atoms with E-state index in [4.69, 9.17) is 0 Å². The minimum Gasteiger partial charge on any atom is -0.469 e. The molecule has 0 N–H and O–H groups in total. The third-order valence-corrected chi connectivity index (χ3v) is 3.00. The molecule has 1 aromatic heterocycles. The number of rotatable bonds is 3. The smallest absolute Gasteiger partial charge is 0.417 e. The highest BCUT2D eigenvalue weighted by atomic mass is 79.9. The van der Waals surface area contributed by atoms with E-state index in [9.17, 15) is 26.7 Å². The minimum atomic E-state index is -4.84. The average molecular weight is 348 g/mol. The van der Waals surface area contributed by atoms with Crippen molar-refractivity contribution in [2.24, 2.45) is 0 Å². The van der Waals surface area contributed by atoms with Gasteiger partial charge in [0, 0.05) is 0 Å². The Hall–Kier alpha value is -1.25. The van der Waals surface area contributed by atoms with Gasteiger partial charge in [0.25, 0.3) is 6.43 Å². The highest BCUT2D eigenvalue weighted by molar-refractivity contribution is 9.10. The number of carbonyl (C=O) groups is 1. The van der Waals surface area contributed by atoms with Crippen LogP contribution in [0.15, 0.2) is 10.5 Å². The first-order valence-corrected chi connectivity index (χ1v) is 5.57. The summed E-state index contributed by atoms with van der Waals surface area (Å²) in [5, 5.41) is 0. The van der Waals surface area contributed by atoms with Gasteiger partial charge in [0.1, 0.15) is 5.69 Å². The van der Waals surface area contributed by atoms with Crippen LogP contribution in [0.3, 0.4) is 0 Å². The van der Waals surface area contributed by atoms with E-state index in [1.165, 1.54) is 0 Å². The van der Waals surface area contributed by atoms with Gasteiger partial charge in [-0.3, -0.25) is 9.78 Å². The van der Waals surface area contributed by atoms with Crippen LogP contribution < -0.4 is 0 Å². The fourth-order valence-corrected chi connectivity index (χ4v) is 1.82. The fraction of sp³-hybridized carbons (Fsp3) is 0.400. The summed E-state index contributed by atoms with van der Waals surface area (Å²) in [4.78, 5) is 14.4. The third kappa shape index (κ3) is 3.85. The molecule has 0 aromatic carbocycles. The number of aromatic nitrogens is 1. The Morgan fingerprint density at radius 2 is 2.05 bits per heavy atom. The number of methoxy groups -OCH3 is 1. The lowest BCUT2D eigenvalue weighted by molar-refractivity contribution is -0.141. The van der Waals surface area contributed by atoms with Crippen molar-refractivity contribution >= 4 is 21.9 Å². The molecule has 0 fully saturated rings. The zero-order valence-electron chi connectivity index (χ0n) is 9.39. The molecule has 1 aromatic rings. The summed E-state index contributed by atoms with van der Waals surface area (Å²) in [6, 6.07) is 0.246. The Labute approximate surface area is 112 Å². The van der Waals surface area contributed by atoms with Gasteiger partial charge in [0.15, 0.2) is 0 Å². The van der Waals surface area contributed by atoms with Gasteiger partial charge in [-0.25, -0.2) is 8.78 Å². The molecule has 0 aliphatic rings. The minimum absolute atomic E-state index is 0.246. The van der Waals surface area contributed by atoms with Gasteiger partial charge in [-0.15, -0.1) is 0 Å². The van der Waals surface area contributed by atoms with E-state index < -0.39 is 46.4 Å². The summed E-state index contributed by atoms with van der Waals surface area (Å²) < 4.78 is 66.7. The maximum absolute atomic E-state index is 12.7. The van der Waals surface area contributed by atoms with Crippen LogP contribution in [0.4, 0.5) is 22.0 Å². The van der Waals surface area contributed by atoms with E-state index in [0.29, 0.717) is 0 Å². The summed E-state index contributed by atoms with van der Waals surface area (Å²) in [7, 11) is 1.03. The van der Waals surface area contributed by atoms with E-state index in [0.717, 1.165) is 7.11 Å². The summed E-state index contributed by atoms with van der Waals surface area (Å²) in [6.07, 6.45) is -8.65. The van der Waals surface area contributed by atoms with Crippen molar-refractivity contribution < 1.29 is 31.5 Å². The van der Waals surface area contributed by atoms with Crippen LogP contribution in [0.1, 0.15) is 23.4 Å². The van der Waals surface area contributed by atoms with Gasteiger partial charge in [0.05, 0.1) is 29.3 Å². The summed E-state index contributed by atoms with van der Waals surface area (Å²) in [6.45, 7) is 0. The Balaban J connectivity index is 3.37. The van der Waals surface area contributed by atoms with Crippen LogP contribution in [0.25, 0.3) is 0 Å². The number of ether oxygens (including phenoxy) is 1. The standard InChI is InChI=1S/C10H7BrF5NO2/c1-19-7(18)3-5-8(11)4(10(14,15)16)2-6(17-5)9(12)13/h2,9H,3H2,1H3. The van der Waals surface area contributed by atoms with Gasteiger partial charge < -0.3 is 4.74 Å². The lowest BCUT2D eigenvalue weighted by atomic mass is 10.1. The van der Waals surface area contributed by atoms with Crippen molar-refractivity contribution in [2.75, 3.05) is 7.11 Å². The molecular weight excluding hydrogens is 341 g/mol. The first-order chi connectivity index (χ1) is 8.66. The SMILES string of the molecule is COC(=O)Cc1nc(C(F)F)cc(C(F)(F)F)c1Br. The summed E-state index contributed by atoms with van der Waals surface area (Å²) >= 11 is 2.62. The first-order valence-electron chi connectivity index (χ1n) is 4.78. The van der Waals surface area contributed by atoms with Crippen molar-refractivity contribution in [3.8, 4) is 0 Å². The molecule has 0 bridgehead atoms. The number of esters is 1. The molecule has 9 heteroatoms. The van der Waals surface area contributed by atoms with Gasteiger partial charge in [-0.05, 0) is 22.0 Å². The molecule has 19 heavy (non-hydrogen) atoms. The molecular formula is C10H7BrF5NO2. The molecule has 0 saturated heterocycles. The molecule has 0 atom stereocenters. The molecule has 0 aliphatic carbocycles. The number of pyridine rings is 1. The highest BCUT2D eigenvalue weighted by Crippen LogP contribution is 2.38. The Morgan fingerprint density at radius 1 is 1.47 bits per heavy atom. The van der Waals surface area contributed by atoms with E-state index in [1.807, 2.05) is 0 Å². The molecule has 0 amide bonds. The largest absolute Gasteiger partial charge is 0.469 e. The molecule has 1 rings (SSSR count). The Bertz CT molecular complexity index is 490. The monoisotopic (exact) mass is 347 g/mol. The van der Waals surface area contributed by atoms with E-state index in [1.54, 1.807) is 0 Å². The van der Waals surface area contributed by atoms with Crippen LogP contribution in [-0.4, -0.2) is 18.1 Å². The highest BCUT2D eigenvalue weighted by Gasteiger charge is 2.36. The molecule has 3 nitrogen and oxygen atoms in total. The van der Waals surface area contributed by atoms with Gasteiger partial charge >= 0.3 is 12.1 Å². The summed E-state index contributed by atoms with van der Waals surface area (Å²) in [5.74, 6) is -0.882. The zero-order valence-corrected chi connectivity index (χ0v) is 11.0. The maximum atomic E-state index is 12.7. The topological polar surface area (TPSA) is 39.2 Å². The van der Waals surface area contributed by atoms with Gasteiger partial charge in [0.2, 0.25) is 0 Å². The van der Waals surface area contributed by atoms with Crippen LogP contribution in [-0.2, 0) is 22.1 Å². The van der Waals surface area contributed by atoms with Crippen LogP contribution in [0, 0.1) is 0 Å². The van der Waals surface area contributed by atoms with Crippen molar-refractivity contribution in [3.63, 3.8) is 0 Å². The van der Waals surface area contributed by atoms with E-state index >= 15 is 0 Å². The van der Waals surface area contributed by atoms with Gasteiger partial charge in [-0.2, -0.15) is 13.2 Å². The van der Waals surface area contributed by atoms with Crippen molar-refractivity contribution in [1.29, 1.82) is 0 Å². The Morgan fingerprint density at radius 3 is 2.47 bits per heavy atom. The lowest BCUT2D eigenvalue weighted by Gasteiger charge is -2.14. The van der Waals surface area contributed by atoms with Crippen molar-refractivity contribution in [2.45, 2.75) is 19.0 Å². The van der Waals surface area contributed by atoms with Gasteiger partial charge in [-0.1, -0.05) is 0 Å². The normalized spacial score (nSPS) is 11.8. The maximum Gasteiger partial charge on any atom is 0.417 e. The average Bonchev–Trinajstić information content (AvgIpc) is 2.29. The lowest BCUT2D eigenvalue weighted by Crippen LogP contribution is -2.14. The third-order valence-electron chi connectivity index (χ3n) is 2.11. The second kappa shape index (κ2) is 5.81. The van der Waals surface area contributed by atoms with Crippen LogP contribution in [0.2, 0.25) is 0 Å². The van der Waals surface area contributed by atoms with Crippen molar-refractivity contribution in [1.82, 2.24) is 4.98 Å². The number of alkyl halides is 5. The van der Waals surface area contributed by atoms with Crippen LogP contribution in [0.5, 0.6) is 0 Å². The molecule has 0 aliphatic heterocycles. The zero-order chi connectivity index (χ0) is 14.8. The second-order valence-electron chi connectivity index (χ2n) is 3.41. The quantitative estimate of drug-likeness (QED) is 0.620. The fourth-order valence-electron chi connectivity index (χ4n) is 1.25. The Kier molecular flexibility index (Phi) is 4.83. The first kappa shape index (κ1) is 15.8.